The molecule has 0 amide bonds. The smallest absolute Gasteiger partial charge is 0.261 e. The Bertz CT molecular complexity index is 1080. The zero-order valence-electron chi connectivity index (χ0n) is 13.5. The van der Waals surface area contributed by atoms with Crippen molar-refractivity contribution in [3.05, 3.63) is 78.8 Å². The molecule has 0 unspecified atom stereocenters. The number of nitrogens with one attached hydrogen (secondary N) is 2. The van der Waals surface area contributed by atoms with Gasteiger partial charge in [0, 0.05) is 0 Å². The second kappa shape index (κ2) is 7.32. The maximum absolute atomic E-state index is 12.4. The number of sulfonamides is 2. The SMILES string of the molecule is O=S(=O)(NCc1ccco1)c1cccc(NS(=O)(=O)c2ccccc2)c1. The first-order valence-electron chi connectivity index (χ1n) is 7.57. The minimum absolute atomic E-state index is 0.00466. The van der Waals surface area contributed by atoms with Gasteiger partial charge in [0.2, 0.25) is 10.0 Å². The maximum Gasteiger partial charge on any atom is 0.261 e. The summed E-state index contributed by atoms with van der Waals surface area (Å²) in [6.07, 6.45) is 1.45. The van der Waals surface area contributed by atoms with Crippen LogP contribution in [0, 0.1) is 0 Å². The number of hydrogen-bond acceptors (Lipinski definition) is 5. The number of anilines is 1. The Morgan fingerprint density at radius 1 is 0.769 bits per heavy atom. The number of hydrogen-bond donors (Lipinski definition) is 2. The van der Waals surface area contributed by atoms with E-state index in [4.69, 9.17) is 4.42 Å². The minimum atomic E-state index is -3.82. The van der Waals surface area contributed by atoms with E-state index in [0.717, 1.165) is 0 Å². The highest BCUT2D eigenvalue weighted by Crippen LogP contribution is 2.19. The van der Waals surface area contributed by atoms with E-state index in [0.29, 0.717) is 5.76 Å². The summed E-state index contributed by atoms with van der Waals surface area (Å²) >= 11 is 0. The predicted molar refractivity (Wildman–Crippen MR) is 96.4 cm³/mol. The third-order valence-corrected chi connectivity index (χ3v) is 6.26. The number of rotatable bonds is 7. The van der Waals surface area contributed by atoms with Gasteiger partial charge in [-0.1, -0.05) is 24.3 Å². The fraction of sp³-hybridized carbons (Fsp3) is 0.0588. The lowest BCUT2D eigenvalue weighted by atomic mass is 10.3. The van der Waals surface area contributed by atoms with Gasteiger partial charge in [-0.3, -0.25) is 4.72 Å². The van der Waals surface area contributed by atoms with E-state index >= 15 is 0 Å². The molecule has 0 aliphatic carbocycles. The molecule has 0 bridgehead atoms. The summed E-state index contributed by atoms with van der Waals surface area (Å²) in [4.78, 5) is 0.0292. The zero-order valence-corrected chi connectivity index (χ0v) is 15.1. The molecule has 0 aliphatic rings. The van der Waals surface area contributed by atoms with Crippen LogP contribution in [0.15, 0.2) is 87.2 Å². The first-order valence-corrected chi connectivity index (χ1v) is 10.5. The lowest BCUT2D eigenvalue weighted by molar-refractivity contribution is 0.498. The van der Waals surface area contributed by atoms with E-state index in [1.807, 2.05) is 0 Å². The summed E-state index contributed by atoms with van der Waals surface area (Å²) in [5.41, 5.74) is 0.148. The van der Waals surface area contributed by atoms with Crippen molar-refractivity contribution in [3.8, 4) is 0 Å². The molecule has 1 heterocycles. The lowest BCUT2D eigenvalue weighted by Gasteiger charge is -2.10. The molecule has 3 rings (SSSR count). The summed E-state index contributed by atoms with van der Waals surface area (Å²) < 4.78 is 59.3. The van der Waals surface area contributed by atoms with Gasteiger partial charge in [-0.25, -0.2) is 21.6 Å². The summed E-state index contributed by atoms with van der Waals surface area (Å²) in [6, 6.07) is 16.7. The Morgan fingerprint density at radius 2 is 1.50 bits per heavy atom. The van der Waals surface area contributed by atoms with Crippen LogP contribution in [-0.4, -0.2) is 16.8 Å². The first kappa shape index (κ1) is 18.2. The van der Waals surface area contributed by atoms with Crippen LogP contribution in [0.3, 0.4) is 0 Å². The molecule has 0 aliphatic heterocycles. The summed E-state index contributed by atoms with van der Waals surface area (Å²) in [5, 5.41) is 0. The van der Waals surface area contributed by atoms with Crippen molar-refractivity contribution in [2.75, 3.05) is 4.72 Å². The average Bonchev–Trinajstić information content (AvgIpc) is 3.14. The van der Waals surface area contributed by atoms with Gasteiger partial charge in [0.25, 0.3) is 10.0 Å². The Kier molecular flexibility index (Phi) is 5.12. The van der Waals surface area contributed by atoms with Gasteiger partial charge >= 0.3 is 0 Å². The Labute approximate surface area is 151 Å². The molecule has 7 nitrogen and oxygen atoms in total. The van der Waals surface area contributed by atoms with Crippen molar-refractivity contribution in [1.29, 1.82) is 0 Å². The van der Waals surface area contributed by atoms with Crippen LogP contribution >= 0.6 is 0 Å². The van der Waals surface area contributed by atoms with Crippen LogP contribution in [0.2, 0.25) is 0 Å². The Hall–Kier alpha value is -2.62. The Morgan fingerprint density at radius 3 is 2.19 bits per heavy atom. The minimum Gasteiger partial charge on any atom is -0.468 e. The van der Waals surface area contributed by atoms with Crippen LogP contribution in [0.4, 0.5) is 5.69 Å². The molecule has 0 radical (unpaired) electrons. The zero-order chi connectivity index (χ0) is 18.6. The van der Waals surface area contributed by atoms with E-state index in [2.05, 4.69) is 9.44 Å². The third-order valence-electron chi connectivity index (χ3n) is 3.47. The fourth-order valence-corrected chi connectivity index (χ4v) is 4.31. The molecule has 26 heavy (non-hydrogen) atoms. The topological polar surface area (TPSA) is 105 Å². The average molecular weight is 392 g/mol. The van der Waals surface area contributed by atoms with Crippen molar-refractivity contribution >= 4 is 25.7 Å². The molecular formula is C17H16N2O5S2. The molecule has 2 N–H and O–H groups in total. The predicted octanol–water partition coefficient (Wildman–Crippen LogP) is 2.56. The van der Waals surface area contributed by atoms with Crippen LogP contribution in [0.1, 0.15) is 5.76 Å². The van der Waals surface area contributed by atoms with E-state index < -0.39 is 20.0 Å². The van der Waals surface area contributed by atoms with Crippen LogP contribution in [0.25, 0.3) is 0 Å². The molecule has 0 fully saturated rings. The number of furan rings is 1. The molecule has 0 saturated heterocycles. The molecule has 2 aromatic carbocycles. The molecule has 3 aromatic rings. The normalized spacial score (nSPS) is 12.0. The van der Waals surface area contributed by atoms with E-state index in [1.165, 1.54) is 42.7 Å². The molecule has 136 valence electrons. The highest BCUT2D eigenvalue weighted by molar-refractivity contribution is 7.92. The van der Waals surface area contributed by atoms with Gasteiger partial charge in [0.15, 0.2) is 0 Å². The summed E-state index contributed by atoms with van der Waals surface area (Å²) in [7, 11) is -7.63. The van der Waals surface area contributed by atoms with Gasteiger partial charge in [0.05, 0.1) is 28.3 Å². The van der Waals surface area contributed by atoms with Crippen molar-refractivity contribution in [1.82, 2.24) is 4.72 Å². The van der Waals surface area contributed by atoms with Gasteiger partial charge < -0.3 is 4.42 Å². The quantitative estimate of drug-likeness (QED) is 0.643. The van der Waals surface area contributed by atoms with E-state index in [9.17, 15) is 16.8 Å². The van der Waals surface area contributed by atoms with Gasteiger partial charge in [-0.05, 0) is 42.5 Å². The maximum atomic E-state index is 12.4. The van der Waals surface area contributed by atoms with E-state index in [1.54, 1.807) is 30.3 Å². The monoisotopic (exact) mass is 392 g/mol. The highest BCUT2D eigenvalue weighted by Gasteiger charge is 2.17. The van der Waals surface area contributed by atoms with Gasteiger partial charge in [0.1, 0.15) is 5.76 Å². The van der Waals surface area contributed by atoms with Crippen molar-refractivity contribution < 1.29 is 21.3 Å². The molecule has 0 spiro atoms. The first-order chi connectivity index (χ1) is 12.4. The second-order valence-corrected chi connectivity index (χ2v) is 8.80. The van der Waals surface area contributed by atoms with Crippen molar-refractivity contribution in [2.45, 2.75) is 16.3 Å². The fourth-order valence-electron chi connectivity index (χ4n) is 2.20. The van der Waals surface area contributed by atoms with Gasteiger partial charge in [-0.15, -0.1) is 0 Å². The Balaban J connectivity index is 1.79. The second-order valence-electron chi connectivity index (χ2n) is 5.35. The highest BCUT2D eigenvalue weighted by atomic mass is 32.2. The van der Waals surface area contributed by atoms with E-state index in [-0.39, 0.29) is 22.0 Å². The van der Waals surface area contributed by atoms with Gasteiger partial charge in [-0.2, -0.15) is 0 Å². The summed E-state index contributed by atoms with van der Waals surface area (Å²) in [6.45, 7) is -0.00466. The van der Waals surface area contributed by atoms with Crippen molar-refractivity contribution in [3.63, 3.8) is 0 Å². The van der Waals surface area contributed by atoms with Crippen molar-refractivity contribution in [2.24, 2.45) is 0 Å². The largest absolute Gasteiger partial charge is 0.468 e. The number of benzene rings is 2. The molecular weight excluding hydrogens is 376 g/mol. The third kappa shape index (κ3) is 4.31. The lowest BCUT2D eigenvalue weighted by Crippen LogP contribution is -2.23. The molecule has 9 heteroatoms. The molecule has 0 saturated carbocycles. The summed E-state index contributed by atoms with van der Waals surface area (Å²) in [5.74, 6) is 0.467. The van der Waals surface area contributed by atoms with Crippen LogP contribution < -0.4 is 9.44 Å². The molecule has 1 aromatic heterocycles. The standard InChI is InChI=1S/C17H16N2O5S2/c20-25(21,18-13-15-7-5-11-24-15)17-10-4-6-14(12-17)19-26(22,23)16-8-2-1-3-9-16/h1-12,18-19H,13H2. The van der Waals surface area contributed by atoms with Crippen LogP contribution in [-0.2, 0) is 26.6 Å². The molecule has 0 atom stereocenters. The van der Waals surface area contributed by atoms with Crippen LogP contribution in [0.5, 0.6) is 0 Å².